The van der Waals surface area contributed by atoms with Crippen molar-refractivity contribution in [2.24, 2.45) is 5.41 Å². The van der Waals surface area contributed by atoms with Crippen molar-refractivity contribution in [1.29, 1.82) is 0 Å². The minimum atomic E-state index is -0.250. The molecular formula is C25H34N6O4. The van der Waals surface area contributed by atoms with Crippen molar-refractivity contribution in [3.63, 3.8) is 0 Å². The van der Waals surface area contributed by atoms with Crippen molar-refractivity contribution in [1.82, 2.24) is 24.8 Å². The zero-order valence-corrected chi connectivity index (χ0v) is 20.5. The Labute approximate surface area is 205 Å². The van der Waals surface area contributed by atoms with Crippen LogP contribution in [0.5, 0.6) is 0 Å². The number of nitrogens with zero attached hydrogens (tertiary/aromatic N) is 6. The summed E-state index contributed by atoms with van der Waals surface area (Å²) in [5, 5.41) is 6.89. The molecule has 10 nitrogen and oxygen atoms in total. The fourth-order valence-electron chi connectivity index (χ4n) is 5.69. The van der Waals surface area contributed by atoms with Gasteiger partial charge in [-0.2, -0.15) is 0 Å². The molecule has 188 valence electrons. The van der Waals surface area contributed by atoms with Gasteiger partial charge in [0.2, 0.25) is 0 Å². The molecule has 1 saturated carbocycles. The molecule has 5 rings (SSSR count). The van der Waals surface area contributed by atoms with Crippen LogP contribution in [0.15, 0.2) is 30.7 Å². The number of piperazine rings is 1. The van der Waals surface area contributed by atoms with Gasteiger partial charge in [-0.05, 0) is 45.2 Å². The average Bonchev–Trinajstić information content (AvgIpc) is 3.30. The summed E-state index contributed by atoms with van der Waals surface area (Å²) in [6.45, 7) is 9.77. The molecule has 1 atom stereocenters. The van der Waals surface area contributed by atoms with Gasteiger partial charge in [0.25, 0.3) is 6.47 Å². The Morgan fingerprint density at radius 3 is 2.57 bits per heavy atom. The largest absolute Gasteiger partial charge is 0.483 e. The van der Waals surface area contributed by atoms with Gasteiger partial charge in [0.15, 0.2) is 0 Å². The van der Waals surface area contributed by atoms with Crippen molar-refractivity contribution >= 4 is 18.4 Å². The Morgan fingerprint density at radius 2 is 1.89 bits per heavy atom. The highest BCUT2D eigenvalue weighted by atomic mass is 16.6. The smallest absolute Gasteiger partial charge is 0.409 e. The number of likely N-dealkylation sites (tertiary alicyclic amines) is 1. The number of carbonyl (C=O) groups excluding carboxylic acids is 1. The maximum Gasteiger partial charge on any atom is 0.409 e. The van der Waals surface area contributed by atoms with Gasteiger partial charge in [0.05, 0.1) is 18.0 Å². The van der Waals surface area contributed by atoms with Crippen LogP contribution in [0, 0.1) is 12.3 Å². The molecule has 1 amide bonds. The molecule has 35 heavy (non-hydrogen) atoms. The second kappa shape index (κ2) is 11.0. The molecule has 1 unspecified atom stereocenters. The van der Waals surface area contributed by atoms with Crippen molar-refractivity contribution in [2.75, 3.05) is 50.8 Å². The van der Waals surface area contributed by atoms with E-state index in [-0.39, 0.29) is 12.6 Å². The third kappa shape index (κ3) is 5.37. The minimum absolute atomic E-state index is 0.153. The van der Waals surface area contributed by atoms with E-state index in [2.05, 4.69) is 25.8 Å². The first-order valence-electron chi connectivity index (χ1n) is 12.2. The lowest BCUT2D eigenvalue weighted by Gasteiger charge is -2.48. The maximum absolute atomic E-state index is 11.9. The van der Waals surface area contributed by atoms with Crippen molar-refractivity contribution < 1.29 is 19.4 Å². The van der Waals surface area contributed by atoms with Gasteiger partial charge < -0.3 is 19.6 Å². The van der Waals surface area contributed by atoms with E-state index in [1.54, 1.807) is 12.4 Å². The number of hydrogen-bond donors (Lipinski definition) is 1. The van der Waals surface area contributed by atoms with Crippen molar-refractivity contribution in [3.05, 3.63) is 36.4 Å². The van der Waals surface area contributed by atoms with Gasteiger partial charge in [0.1, 0.15) is 5.82 Å². The van der Waals surface area contributed by atoms with Crippen LogP contribution < -0.4 is 4.90 Å². The normalized spacial score (nSPS) is 21.1. The Bertz CT molecular complexity index is 1020. The Kier molecular flexibility index (Phi) is 7.80. The van der Waals surface area contributed by atoms with Gasteiger partial charge in [-0.3, -0.25) is 19.7 Å². The van der Waals surface area contributed by atoms with Gasteiger partial charge in [-0.15, -0.1) is 0 Å². The Balaban J connectivity index is 0.000000917. The number of aromatic nitrogens is 3. The molecule has 1 spiro atoms. The first kappa shape index (κ1) is 24.8. The van der Waals surface area contributed by atoms with Crippen LogP contribution in [0.2, 0.25) is 0 Å². The monoisotopic (exact) mass is 482 g/mol. The summed E-state index contributed by atoms with van der Waals surface area (Å²) >= 11 is 0. The summed E-state index contributed by atoms with van der Waals surface area (Å²) in [6.07, 6.45) is 8.82. The fraction of sp³-hybridized carbons (Fsp3) is 0.560. The van der Waals surface area contributed by atoms with Crippen LogP contribution in [0.1, 0.15) is 31.9 Å². The summed E-state index contributed by atoms with van der Waals surface area (Å²) in [4.78, 5) is 40.9. The van der Waals surface area contributed by atoms with Crippen molar-refractivity contribution in [2.45, 2.75) is 39.2 Å². The maximum atomic E-state index is 11.9. The first-order valence-corrected chi connectivity index (χ1v) is 12.2. The first-order chi connectivity index (χ1) is 17.0. The fourth-order valence-corrected chi connectivity index (χ4v) is 5.69. The summed E-state index contributed by atoms with van der Waals surface area (Å²) in [5.41, 5.74) is 3.20. The molecule has 3 fully saturated rings. The molecule has 3 aliphatic rings. The van der Waals surface area contributed by atoms with Crippen LogP contribution in [0.4, 0.5) is 10.6 Å². The molecule has 10 heteroatoms. The van der Waals surface area contributed by atoms with Crippen LogP contribution in [0.25, 0.3) is 11.3 Å². The van der Waals surface area contributed by atoms with Gasteiger partial charge >= 0.3 is 6.09 Å². The molecule has 0 bridgehead atoms. The van der Waals surface area contributed by atoms with E-state index in [9.17, 15) is 4.79 Å². The Hall–Kier alpha value is -3.27. The number of carboxylic acid groups (broad SMARTS) is 1. The van der Waals surface area contributed by atoms with Crippen LogP contribution in [-0.4, -0.2) is 94.3 Å². The molecule has 0 aromatic carbocycles. The van der Waals surface area contributed by atoms with Crippen LogP contribution >= 0.6 is 0 Å². The van der Waals surface area contributed by atoms with E-state index in [4.69, 9.17) is 19.6 Å². The number of anilines is 1. The minimum Gasteiger partial charge on any atom is -0.483 e. The molecule has 2 aromatic heterocycles. The number of pyridine rings is 1. The average molecular weight is 483 g/mol. The third-order valence-corrected chi connectivity index (χ3v) is 7.31. The van der Waals surface area contributed by atoms with Gasteiger partial charge in [0, 0.05) is 74.9 Å². The van der Waals surface area contributed by atoms with Crippen LogP contribution in [-0.2, 0) is 9.53 Å². The molecule has 1 N–H and O–H groups in total. The highest BCUT2D eigenvalue weighted by Crippen LogP contribution is 2.47. The molecular weight excluding hydrogens is 448 g/mol. The topological polar surface area (TPSA) is 112 Å². The standard InChI is InChI=1S/C24H32N6O2.CH2O2/c1-3-32-23(31)30-16-24(17-30)7-6-19(15-24)28-11-13-29(14-12-28)22-20(5-4-8-27-22)21-18(2)25-9-10-26-21;2-1-3/h4-5,8-10,19H,3,6-7,11-17H2,1-2H3;1H,(H,2,3). The molecule has 2 aliphatic heterocycles. The van der Waals surface area contributed by atoms with Gasteiger partial charge in [-0.25, -0.2) is 9.78 Å². The predicted molar refractivity (Wildman–Crippen MR) is 131 cm³/mol. The van der Waals surface area contributed by atoms with Gasteiger partial charge in [-0.1, -0.05) is 0 Å². The quantitative estimate of drug-likeness (QED) is 0.657. The Morgan fingerprint density at radius 1 is 1.17 bits per heavy atom. The molecule has 0 radical (unpaired) electrons. The summed E-state index contributed by atoms with van der Waals surface area (Å²) in [6, 6.07) is 4.68. The van der Waals surface area contributed by atoms with Crippen molar-refractivity contribution in [3.8, 4) is 11.3 Å². The second-order valence-electron chi connectivity index (χ2n) is 9.44. The number of aryl methyl sites for hydroxylation is 1. The second-order valence-corrected chi connectivity index (χ2v) is 9.44. The highest BCUT2D eigenvalue weighted by Gasteiger charge is 2.51. The SMILES string of the molecule is CCOC(=O)N1CC2(CCC(N3CCN(c4ncccc4-c4nccnc4C)CC3)C2)C1.O=CO. The number of amides is 1. The zero-order valence-electron chi connectivity index (χ0n) is 20.5. The lowest BCUT2D eigenvalue weighted by atomic mass is 9.78. The van der Waals surface area contributed by atoms with E-state index in [0.717, 1.165) is 62.0 Å². The number of ether oxygens (including phenoxy) is 1. The molecule has 4 heterocycles. The summed E-state index contributed by atoms with van der Waals surface area (Å²) in [5.74, 6) is 1.00. The number of hydrogen-bond acceptors (Lipinski definition) is 8. The zero-order chi connectivity index (χ0) is 24.8. The lowest BCUT2D eigenvalue weighted by molar-refractivity contribution is -0.122. The van der Waals surface area contributed by atoms with E-state index in [1.165, 1.54) is 19.3 Å². The number of rotatable bonds is 4. The number of carbonyl (C=O) groups is 2. The van der Waals surface area contributed by atoms with Crippen LogP contribution in [0.3, 0.4) is 0 Å². The highest BCUT2D eigenvalue weighted by molar-refractivity contribution is 5.74. The lowest BCUT2D eigenvalue weighted by Crippen LogP contribution is -2.58. The summed E-state index contributed by atoms with van der Waals surface area (Å²) in [7, 11) is 0. The van der Waals surface area contributed by atoms with E-state index >= 15 is 0 Å². The van der Waals surface area contributed by atoms with E-state index in [0.29, 0.717) is 18.1 Å². The molecule has 2 aromatic rings. The molecule has 1 aliphatic carbocycles. The van der Waals surface area contributed by atoms with E-state index in [1.807, 2.05) is 31.0 Å². The third-order valence-electron chi connectivity index (χ3n) is 7.31. The van der Waals surface area contributed by atoms with E-state index < -0.39 is 0 Å². The predicted octanol–water partition coefficient (Wildman–Crippen LogP) is 2.68. The molecule has 2 saturated heterocycles. The summed E-state index contributed by atoms with van der Waals surface area (Å²) < 4.78 is 5.15.